The summed E-state index contributed by atoms with van der Waals surface area (Å²) in [5.74, 6) is -0.532. The molecule has 2 heterocycles. The summed E-state index contributed by atoms with van der Waals surface area (Å²) in [4.78, 5) is 38.2. The minimum atomic E-state index is -0.761. The van der Waals surface area contributed by atoms with E-state index in [0.717, 1.165) is 57.9 Å². The van der Waals surface area contributed by atoms with Crippen LogP contribution in [0.15, 0.2) is 72.1 Å². The number of nitrogens with one attached hydrogen (secondary N) is 4. The average Bonchev–Trinajstić information content (AvgIpc) is 3.36. The maximum atomic E-state index is 13.6. The highest BCUT2D eigenvalue weighted by atomic mass is 32.1. The molecule has 1 saturated heterocycles. The van der Waals surface area contributed by atoms with E-state index < -0.39 is 12.2 Å². The van der Waals surface area contributed by atoms with Crippen molar-refractivity contribution in [2.24, 2.45) is 5.92 Å². The fraction of sp³-hybridized carbons (Fsp3) is 0.300. The maximum absolute atomic E-state index is 13.6. The van der Waals surface area contributed by atoms with E-state index in [1.54, 1.807) is 11.3 Å². The highest BCUT2D eigenvalue weighted by Crippen LogP contribution is 2.27. The Labute approximate surface area is 226 Å². The van der Waals surface area contributed by atoms with E-state index in [0.29, 0.717) is 19.3 Å². The van der Waals surface area contributed by atoms with Gasteiger partial charge in [0, 0.05) is 23.5 Å². The van der Waals surface area contributed by atoms with Gasteiger partial charge in [-0.15, -0.1) is 11.3 Å². The zero-order valence-corrected chi connectivity index (χ0v) is 21.9. The highest BCUT2D eigenvalue weighted by molar-refractivity contribution is 7.17. The van der Waals surface area contributed by atoms with Crippen LogP contribution in [-0.2, 0) is 27.2 Å². The van der Waals surface area contributed by atoms with Crippen LogP contribution in [0.1, 0.15) is 24.0 Å². The van der Waals surface area contributed by atoms with Crippen LogP contribution in [-0.4, -0.2) is 43.5 Å². The van der Waals surface area contributed by atoms with Crippen LogP contribution in [0.4, 0.5) is 0 Å². The van der Waals surface area contributed by atoms with Crippen molar-refractivity contribution in [3.8, 4) is 0 Å². The number of fused-ring (bicyclic) bond motifs is 2. The first-order chi connectivity index (χ1) is 18.6. The molecule has 0 saturated carbocycles. The van der Waals surface area contributed by atoms with Gasteiger partial charge in [-0.3, -0.25) is 14.4 Å². The van der Waals surface area contributed by atoms with Gasteiger partial charge in [-0.2, -0.15) is 0 Å². The minimum absolute atomic E-state index is 0.0967. The molecule has 3 aromatic carbocycles. The second-order valence-electron chi connectivity index (χ2n) is 9.78. The second-order valence-corrected chi connectivity index (χ2v) is 10.7. The van der Waals surface area contributed by atoms with Gasteiger partial charge in [0.15, 0.2) is 0 Å². The van der Waals surface area contributed by atoms with Gasteiger partial charge in [0.1, 0.15) is 12.2 Å². The molecule has 8 heteroatoms. The van der Waals surface area contributed by atoms with Crippen molar-refractivity contribution in [1.82, 2.24) is 21.3 Å². The molecule has 4 N–H and O–H groups in total. The number of benzene rings is 3. The third-order valence-electron chi connectivity index (χ3n) is 7.17. The topological polar surface area (TPSA) is 99.3 Å². The lowest BCUT2D eigenvalue weighted by molar-refractivity contribution is -0.132. The van der Waals surface area contributed by atoms with Crippen molar-refractivity contribution in [3.63, 3.8) is 0 Å². The lowest BCUT2D eigenvalue weighted by atomic mass is 9.96. The molecule has 1 aliphatic rings. The van der Waals surface area contributed by atoms with Gasteiger partial charge in [-0.1, -0.05) is 60.7 Å². The summed E-state index contributed by atoms with van der Waals surface area (Å²) in [6, 6.07) is 21.5. The van der Waals surface area contributed by atoms with E-state index >= 15 is 0 Å². The Kier molecular flexibility index (Phi) is 8.31. The molecule has 0 bridgehead atoms. The Morgan fingerprint density at radius 3 is 2.53 bits per heavy atom. The number of rotatable bonds is 10. The third-order valence-corrected chi connectivity index (χ3v) is 8.18. The van der Waals surface area contributed by atoms with Gasteiger partial charge in [-0.25, -0.2) is 0 Å². The van der Waals surface area contributed by atoms with Crippen LogP contribution in [0.3, 0.4) is 0 Å². The fourth-order valence-corrected chi connectivity index (χ4v) is 6.08. The summed E-state index contributed by atoms with van der Waals surface area (Å²) in [6.45, 7) is 1.59. The first kappa shape index (κ1) is 25.9. The summed E-state index contributed by atoms with van der Waals surface area (Å²) in [5, 5.41) is 17.4. The number of hydrogen-bond acceptors (Lipinski definition) is 5. The first-order valence-corrected chi connectivity index (χ1v) is 13.9. The van der Waals surface area contributed by atoms with Crippen molar-refractivity contribution in [1.29, 1.82) is 0 Å². The van der Waals surface area contributed by atoms with Gasteiger partial charge < -0.3 is 21.3 Å². The zero-order valence-electron chi connectivity index (χ0n) is 21.1. The summed E-state index contributed by atoms with van der Waals surface area (Å²) < 4.78 is 1.14. The molecule has 4 aromatic rings. The second kappa shape index (κ2) is 12.2. The molecule has 196 valence electrons. The molecule has 5 rings (SSSR count). The van der Waals surface area contributed by atoms with E-state index in [4.69, 9.17) is 0 Å². The molecule has 1 aliphatic heterocycles. The van der Waals surface area contributed by atoms with Gasteiger partial charge in [0.2, 0.25) is 18.2 Å². The molecular formula is C30H32N4O3S. The Morgan fingerprint density at radius 2 is 1.71 bits per heavy atom. The van der Waals surface area contributed by atoms with Crippen molar-refractivity contribution in [3.05, 3.63) is 83.2 Å². The summed E-state index contributed by atoms with van der Waals surface area (Å²) in [6.07, 6.45) is 2.28. The third kappa shape index (κ3) is 6.20. The molecule has 0 radical (unpaired) electrons. The van der Waals surface area contributed by atoms with Gasteiger partial charge in [-0.05, 0) is 64.7 Å². The fourth-order valence-electron chi connectivity index (χ4n) is 5.10. The van der Waals surface area contributed by atoms with Crippen LogP contribution in [0.25, 0.3) is 20.9 Å². The number of carbonyl (C=O) groups is 3. The van der Waals surface area contributed by atoms with Gasteiger partial charge in [0.25, 0.3) is 0 Å². The van der Waals surface area contributed by atoms with Crippen LogP contribution < -0.4 is 21.3 Å². The van der Waals surface area contributed by atoms with Crippen molar-refractivity contribution >= 4 is 50.4 Å². The van der Waals surface area contributed by atoms with Crippen molar-refractivity contribution < 1.29 is 14.4 Å². The lowest BCUT2D eigenvalue weighted by Crippen LogP contribution is -2.55. The molecule has 38 heavy (non-hydrogen) atoms. The quantitative estimate of drug-likeness (QED) is 0.187. The molecule has 2 atom stereocenters. The van der Waals surface area contributed by atoms with E-state index in [1.807, 2.05) is 54.6 Å². The Morgan fingerprint density at radius 1 is 0.947 bits per heavy atom. The number of piperidine rings is 1. The van der Waals surface area contributed by atoms with Crippen molar-refractivity contribution in [2.45, 2.75) is 37.9 Å². The predicted octanol–water partition coefficient (Wildman–Crippen LogP) is 3.51. The molecule has 7 nitrogen and oxygen atoms in total. The number of hydrogen-bond donors (Lipinski definition) is 4. The predicted molar refractivity (Wildman–Crippen MR) is 152 cm³/mol. The van der Waals surface area contributed by atoms with Gasteiger partial charge in [0.05, 0.1) is 0 Å². The molecule has 3 amide bonds. The molecule has 1 fully saturated rings. The Hall–Kier alpha value is -3.75. The maximum Gasteiger partial charge on any atom is 0.244 e. The van der Waals surface area contributed by atoms with Gasteiger partial charge >= 0.3 is 0 Å². The van der Waals surface area contributed by atoms with Crippen LogP contribution >= 0.6 is 11.3 Å². The normalized spacial score (nSPS) is 15.6. The van der Waals surface area contributed by atoms with Crippen LogP contribution in [0.5, 0.6) is 0 Å². The molecule has 1 unspecified atom stereocenters. The van der Waals surface area contributed by atoms with E-state index in [9.17, 15) is 14.4 Å². The standard InChI is InChI=1S/C30H32N4O3S/c35-19-32-28(16-20-9-10-21-5-1-2-6-23(21)15-20)34-30(37)26(33-29(36)22-11-13-31-14-12-22)17-24-18-38-27-8-4-3-7-25(24)27/h1-10,15,18-19,22,26,28,31H,11-14,16-17H2,(H,32,35)(H,33,36)(H,34,37)/t26-,28?/m1/s1. The van der Waals surface area contributed by atoms with E-state index in [1.165, 1.54) is 0 Å². The SMILES string of the molecule is O=CNC(Cc1ccc2ccccc2c1)NC(=O)[C@@H](Cc1csc2ccccc12)NC(=O)C1CCNCC1. The summed E-state index contributed by atoms with van der Waals surface area (Å²) in [7, 11) is 0. The highest BCUT2D eigenvalue weighted by Gasteiger charge is 2.28. The van der Waals surface area contributed by atoms with E-state index in [2.05, 4.69) is 38.8 Å². The van der Waals surface area contributed by atoms with Crippen LogP contribution in [0, 0.1) is 5.92 Å². The zero-order chi connectivity index (χ0) is 26.3. The molecule has 0 aliphatic carbocycles. The monoisotopic (exact) mass is 528 g/mol. The molecule has 0 spiro atoms. The number of amides is 3. The largest absolute Gasteiger partial charge is 0.344 e. The van der Waals surface area contributed by atoms with Crippen LogP contribution in [0.2, 0.25) is 0 Å². The van der Waals surface area contributed by atoms with E-state index in [-0.39, 0.29) is 17.7 Å². The average molecular weight is 529 g/mol. The minimum Gasteiger partial charge on any atom is -0.344 e. The Bertz CT molecular complexity index is 1430. The smallest absolute Gasteiger partial charge is 0.244 e. The van der Waals surface area contributed by atoms with Crippen molar-refractivity contribution in [2.75, 3.05) is 13.1 Å². The number of thiophene rings is 1. The first-order valence-electron chi connectivity index (χ1n) is 13.0. The summed E-state index contributed by atoms with van der Waals surface area (Å²) in [5.41, 5.74) is 2.01. The lowest BCUT2D eigenvalue weighted by Gasteiger charge is -2.27. The molecular weight excluding hydrogens is 496 g/mol. The summed E-state index contributed by atoms with van der Waals surface area (Å²) >= 11 is 1.63. The molecule has 1 aromatic heterocycles. The Balaban J connectivity index is 1.34. The number of carbonyl (C=O) groups excluding carboxylic acids is 3.